The van der Waals surface area contributed by atoms with Gasteiger partial charge in [0.2, 0.25) is 5.91 Å². The average molecular weight is 260 g/mol. The normalized spacial score (nSPS) is 21.0. The fourth-order valence-corrected chi connectivity index (χ4v) is 2.71. The maximum atomic E-state index is 12.4. The quantitative estimate of drug-likeness (QED) is 0.906. The number of carbonyl (C=O) groups excluding carboxylic acids is 1. The standard InChI is InChI=1S/C16H24N2O/c1-12-6-4-8-15(10-12)17-14(3)16(19)18-9-5-7-13(2)11-18/h4,6,8,10,13-14,17H,5,7,9,11H2,1-3H3. The molecule has 0 aliphatic carbocycles. The van der Waals surface area contributed by atoms with Gasteiger partial charge < -0.3 is 10.2 Å². The Bertz CT molecular complexity index is 444. The van der Waals surface area contributed by atoms with Crippen molar-refractivity contribution in [2.24, 2.45) is 5.92 Å². The van der Waals surface area contributed by atoms with E-state index in [0.29, 0.717) is 5.92 Å². The van der Waals surface area contributed by atoms with Crippen molar-refractivity contribution in [3.05, 3.63) is 29.8 Å². The van der Waals surface area contributed by atoms with Gasteiger partial charge in [-0.1, -0.05) is 19.1 Å². The average Bonchev–Trinajstić information content (AvgIpc) is 2.38. The van der Waals surface area contributed by atoms with E-state index < -0.39 is 0 Å². The fourth-order valence-electron chi connectivity index (χ4n) is 2.71. The molecule has 0 spiro atoms. The van der Waals surface area contributed by atoms with Crippen molar-refractivity contribution in [1.82, 2.24) is 4.90 Å². The van der Waals surface area contributed by atoms with Gasteiger partial charge in [0.25, 0.3) is 0 Å². The van der Waals surface area contributed by atoms with Crippen LogP contribution in [0.5, 0.6) is 0 Å². The second-order valence-electron chi connectivity index (χ2n) is 5.77. The second-order valence-corrected chi connectivity index (χ2v) is 5.77. The second kappa shape index (κ2) is 6.09. The molecule has 1 aromatic carbocycles. The summed E-state index contributed by atoms with van der Waals surface area (Å²) in [6, 6.07) is 7.99. The van der Waals surface area contributed by atoms with Gasteiger partial charge in [-0.15, -0.1) is 0 Å². The Hall–Kier alpha value is -1.51. The number of piperidine rings is 1. The minimum Gasteiger partial charge on any atom is -0.374 e. The van der Waals surface area contributed by atoms with Gasteiger partial charge in [0.15, 0.2) is 0 Å². The third-order valence-corrected chi connectivity index (χ3v) is 3.74. The van der Waals surface area contributed by atoms with Gasteiger partial charge >= 0.3 is 0 Å². The molecule has 0 saturated carbocycles. The number of hydrogen-bond donors (Lipinski definition) is 1. The van der Waals surface area contributed by atoms with Crippen molar-refractivity contribution < 1.29 is 4.79 Å². The van der Waals surface area contributed by atoms with Crippen LogP contribution in [-0.2, 0) is 4.79 Å². The molecule has 1 heterocycles. The van der Waals surface area contributed by atoms with Gasteiger partial charge in [0.05, 0.1) is 0 Å². The number of likely N-dealkylation sites (tertiary alicyclic amines) is 1. The van der Waals surface area contributed by atoms with Crippen LogP contribution in [0.25, 0.3) is 0 Å². The Morgan fingerprint density at radius 2 is 2.26 bits per heavy atom. The number of rotatable bonds is 3. The lowest BCUT2D eigenvalue weighted by atomic mass is 10.00. The predicted octanol–water partition coefficient (Wildman–Crippen LogP) is 3.05. The van der Waals surface area contributed by atoms with Crippen molar-refractivity contribution in [2.75, 3.05) is 18.4 Å². The van der Waals surface area contributed by atoms with E-state index in [1.54, 1.807) is 0 Å². The van der Waals surface area contributed by atoms with Crippen LogP contribution in [0.4, 0.5) is 5.69 Å². The van der Waals surface area contributed by atoms with Gasteiger partial charge in [0, 0.05) is 18.8 Å². The monoisotopic (exact) mass is 260 g/mol. The smallest absolute Gasteiger partial charge is 0.244 e. The number of amides is 1. The minimum atomic E-state index is -0.160. The molecule has 1 aliphatic rings. The van der Waals surface area contributed by atoms with Gasteiger partial charge in [-0.3, -0.25) is 4.79 Å². The Balaban J connectivity index is 1.95. The van der Waals surface area contributed by atoms with Crippen LogP contribution in [0, 0.1) is 12.8 Å². The Kier molecular flexibility index (Phi) is 4.46. The highest BCUT2D eigenvalue weighted by Gasteiger charge is 2.24. The van der Waals surface area contributed by atoms with Crippen molar-refractivity contribution in [3.8, 4) is 0 Å². The van der Waals surface area contributed by atoms with Crippen LogP contribution in [0.15, 0.2) is 24.3 Å². The number of benzene rings is 1. The molecule has 1 saturated heterocycles. The third-order valence-electron chi connectivity index (χ3n) is 3.74. The zero-order chi connectivity index (χ0) is 13.8. The molecule has 0 radical (unpaired) electrons. The van der Waals surface area contributed by atoms with Crippen molar-refractivity contribution in [2.45, 2.75) is 39.7 Å². The zero-order valence-corrected chi connectivity index (χ0v) is 12.1. The molecule has 2 atom stereocenters. The molecule has 0 bridgehead atoms. The lowest BCUT2D eigenvalue weighted by molar-refractivity contribution is -0.133. The van der Waals surface area contributed by atoms with Crippen LogP contribution >= 0.6 is 0 Å². The summed E-state index contributed by atoms with van der Waals surface area (Å²) < 4.78 is 0. The minimum absolute atomic E-state index is 0.160. The van der Waals surface area contributed by atoms with E-state index in [-0.39, 0.29) is 11.9 Å². The topological polar surface area (TPSA) is 32.3 Å². The summed E-state index contributed by atoms with van der Waals surface area (Å²) in [5, 5.41) is 3.30. The zero-order valence-electron chi connectivity index (χ0n) is 12.1. The van der Waals surface area contributed by atoms with E-state index in [1.807, 2.05) is 24.0 Å². The van der Waals surface area contributed by atoms with E-state index in [2.05, 4.69) is 31.3 Å². The molecule has 104 valence electrons. The molecule has 2 rings (SSSR count). The van der Waals surface area contributed by atoms with Crippen LogP contribution in [0.1, 0.15) is 32.3 Å². The molecule has 19 heavy (non-hydrogen) atoms. The maximum absolute atomic E-state index is 12.4. The van der Waals surface area contributed by atoms with Crippen LogP contribution < -0.4 is 5.32 Å². The Labute approximate surface area is 116 Å². The third kappa shape index (κ3) is 3.72. The number of nitrogens with zero attached hydrogens (tertiary/aromatic N) is 1. The molecule has 1 N–H and O–H groups in total. The number of anilines is 1. The molecule has 0 aromatic heterocycles. The summed E-state index contributed by atoms with van der Waals surface area (Å²) >= 11 is 0. The van der Waals surface area contributed by atoms with Gasteiger partial charge in [-0.25, -0.2) is 0 Å². The summed E-state index contributed by atoms with van der Waals surface area (Å²) in [7, 11) is 0. The lowest BCUT2D eigenvalue weighted by Crippen LogP contribution is -2.45. The van der Waals surface area contributed by atoms with Crippen LogP contribution in [0.3, 0.4) is 0 Å². The first-order chi connectivity index (χ1) is 9.06. The summed E-state index contributed by atoms with van der Waals surface area (Å²) in [5.41, 5.74) is 2.22. The first-order valence-electron chi connectivity index (χ1n) is 7.18. The molecule has 3 nitrogen and oxygen atoms in total. The maximum Gasteiger partial charge on any atom is 0.244 e. The molecule has 1 amide bonds. The highest BCUT2D eigenvalue weighted by molar-refractivity contribution is 5.84. The largest absolute Gasteiger partial charge is 0.374 e. The summed E-state index contributed by atoms with van der Waals surface area (Å²) in [6.07, 6.45) is 2.37. The number of hydrogen-bond acceptors (Lipinski definition) is 2. The number of carbonyl (C=O) groups is 1. The van der Waals surface area contributed by atoms with Crippen LogP contribution in [0.2, 0.25) is 0 Å². The lowest BCUT2D eigenvalue weighted by Gasteiger charge is -2.33. The summed E-state index contributed by atoms with van der Waals surface area (Å²) in [6.45, 7) is 8.04. The Morgan fingerprint density at radius 1 is 1.47 bits per heavy atom. The van der Waals surface area contributed by atoms with Crippen LogP contribution in [-0.4, -0.2) is 29.9 Å². The molecule has 1 aromatic rings. The first-order valence-corrected chi connectivity index (χ1v) is 7.18. The SMILES string of the molecule is Cc1cccc(NC(C)C(=O)N2CCCC(C)C2)c1. The first kappa shape index (κ1) is 13.9. The van der Waals surface area contributed by atoms with E-state index in [1.165, 1.54) is 12.0 Å². The van der Waals surface area contributed by atoms with Gasteiger partial charge in [-0.2, -0.15) is 0 Å². The predicted molar refractivity (Wildman–Crippen MR) is 79.2 cm³/mol. The molecule has 1 aliphatic heterocycles. The van der Waals surface area contributed by atoms with Crippen molar-refractivity contribution in [3.63, 3.8) is 0 Å². The van der Waals surface area contributed by atoms with E-state index in [9.17, 15) is 4.79 Å². The Morgan fingerprint density at radius 3 is 2.95 bits per heavy atom. The fraction of sp³-hybridized carbons (Fsp3) is 0.562. The summed E-state index contributed by atoms with van der Waals surface area (Å²) in [4.78, 5) is 14.4. The van der Waals surface area contributed by atoms with Crippen molar-refractivity contribution >= 4 is 11.6 Å². The van der Waals surface area contributed by atoms with E-state index in [4.69, 9.17) is 0 Å². The highest BCUT2D eigenvalue weighted by atomic mass is 16.2. The number of aryl methyl sites for hydroxylation is 1. The number of nitrogens with one attached hydrogen (secondary N) is 1. The summed E-state index contributed by atoms with van der Waals surface area (Å²) in [5.74, 6) is 0.844. The van der Waals surface area contributed by atoms with E-state index >= 15 is 0 Å². The van der Waals surface area contributed by atoms with E-state index in [0.717, 1.165) is 25.2 Å². The van der Waals surface area contributed by atoms with Gasteiger partial charge in [-0.05, 0) is 50.3 Å². The molecular formula is C16H24N2O. The molecule has 1 fully saturated rings. The van der Waals surface area contributed by atoms with Gasteiger partial charge in [0.1, 0.15) is 6.04 Å². The van der Waals surface area contributed by atoms with Crippen molar-refractivity contribution in [1.29, 1.82) is 0 Å². The molecular weight excluding hydrogens is 236 g/mol. The molecule has 2 unspecified atom stereocenters. The molecule has 3 heteroatoms. The highest BCUT2D eigenvalue weighted by Crippen LogP contribution is 2.17.